The molecule has 0 aliphatic carbocycles. The van der Waals surface area contributed by atoms with Gasteiger partial charge in [0, 0.05) is 31.2 Å². The maximum absolute atomic E-state index is 11.5. The Morgan fingerprint density at radius 1 is 1.56 bits per heavy atom. The van der Waals surface area contributed by atoms with Crippen molar-refractivity contribution in [3.8, 4) is 0 Å². The first-order chi connectivity index (χ1) is 7.60. The third-order valence-electron chi connectivity index (χ3n) is 3.90. The van der Waals surface area contributed by atoms with Crippen molar-refractivity contribution in [3.05, 3.63) is 0 Å². The molecule has 2 rings (SSSR count). The number of nitrogens with one attached hydrogen (secondary N) is 2. The molecule has 0 aromatic heterocycles. The summed E-state index contributed by atoms with van der Waals surface area (Å²) in [6.45, 7) is 5.95. The average molecular weight is 226 g/mol. The van der Waals surface area contributed by atoms with Gasteiger partial charge in [0.1, 0.15) is 0 Å². The zero-order valence-corrected chi connectivity index (χ0v) is 10.2. The number of ether oxygens (including phenoxy) is 1. The van der Waals surface area contributed by atoms with Crippen LogP contribution in [0.2, 0.25) is 0 Å². The molecule has 3 atom stereocenters. The molecule has 2 fully saturated rings. The molecule has 4 heteroatoms. The van der Waals surface area contributed by atoms with E-state index in [0.29, 0.717) is 12.5 Å². The van der Waals surface area contributed by atoms with Gasteiger partial charge in [0.15, 0.2) is 0 Å². The number of rotatable bonds is 2. The molecule has 92 valence electrons. The van der Waals surface area contributed by atoms with E-state index < -0.39 is 0 Å². The highest BCUT2D eigenvalue weighted by Crippen LogP contribution is 2.26. The number of amides is 1. The van der Waals surface area contributed by atoms with Crippen molar-refractivity contribution in [2.24, 2.45) is 0 Å². The minimum atomic E-state index is 0.0370. The molecule has 2 aliphatic rings. The van der Waals surface area contributed by atoms with Gasteiger partial charge in [0.2, 0.25) is 5.91 Å². The van der Waals surface area contributed by atoms with E-state index >= 15 is 0 Å². The fourth-order valence-electron chi connectivity index (χ4n) is 2.59. The zero-order chi connectivity index (χ0) is 11.6. The predicted octanol–water partition coefficient (Wildman–Crippen LogP) is 0.812. The Kier molecular flexibility index (Phi) is 3.50. The highest BCUT2D eigenvalue weighted by molar-refractivity contribution is 5.76. The minimum Gasteiger partial charge on any atom is -0.377 e. The van der Waals surface area contributed by atoms with Crippen LogP contribution in [0.3, 0.4) is 0 Å². The van der Waals surface area contributed by atoms with Crippen LogP contribution in [0.4, 0.5) is 0 Å². The monoisotopic (exact) mass is 226 g/mol. The molecule has 2 saturated heterocycles. The van der Waals surface area contributed by atoms with Crippen molar-refractivity contribution in [2.45, 2.75) is 57.2 Å². The number of hydrogen-bond donors (Lipinski definition) is 2. The molecule has 0 saturated carbocycles. The molecule has 0 aromatic rings. The summed E-state index contributed by atoms with van der Waals surface area (Å²) in [5.74, 6) is 0.171. The Morgan fingerprint density at radius 3 is 3.06 bits per heavy atom. The molecule has 0 spiro atoms. The fourth-order valence-corrected chi connectivity index (χ4v) is 2.59. The Bertz CT molecular complexity index is 270. The Balaban J connectivity index is 1.94. The van der Waals surface area contributed by atoms with Gasteiger partial charge in [-0.25, -0.2) is 0 Å². The van der Waals surface area contributed by atoms with Crippen LogP contribution in [0, 0.1) is 0 Å². The Labute approximate surface area is 97.1 Å². The lowest BCUT2D eigenvalue weighted by molar-refractivity contribution is -0.121. The summed E-state index contributed by atoms with van der Waals surface area (Å²) in [5, 5.41) is 6.54. The highest BCUT2D eigenvalue weighted by Gasteiger charge is 2.38. The fraction of sp³-hybridized carbons (Fsp3) is 0.917. The predicted molar refractivity (Wildman–Crippen MR) is 62.2 cm³/mol. The molecule has 1 amide bonds. The summed E-state index contributed by atoms with van der Waals surface area (Å²) >= 11 is 0. The normalized spacial score (nSPS) is 40.5. The van der Waals surface area contributed by atoms with Gasteiger partial charge in [-0.1, -0.05) is 0 Å². The van der Waals surface area contributed by atoms with Gasteiger partial charge < -0.3 is 15.4 Å². The van der Waals surface area contributed by atoms with Crippen LogP contribution in [0.1, 0.15) is 39.5 Å². The van der Waals surface area contributed by atoms with Gasteiger partial charge in [-0.05, 0) is 33.1 Å². The number of hydrogen-bond acceptors (Lipinski definition) is 3. The first kappa shape index (κ1) is 11.9. The number of carbonyl (C=O) groups excluding carboxylic acids is 1. The van der Waals surface area contributed by atoms with E-state index in [4.69, 9.17) is 4.74 Å². The van der Waals surface area contributed by atoms with Gasteiger partial charge in [0.05, 0.1) is 6.10 Å². The highest BCUT2D eigenvalue weighted by atomic mass is 16.5. The van der Waals surface area contributed by atoms with E-state index in [-0.39, 0.29) is 17.6 Å². The van der Waals surface area contributed by atoms with E-state index in [1.165, 1.54) is 0 Å². The van der Waals surface area contributed by atoms with E-state index in [2.05, 4.69) is 24.5 Å². The van der Waals surface area contributed by atoms with E-state index in [0.717, 1.165) is 32.4 Å². The zero-order valence-electron chi connectivity index (χ0n) is 10.2. The molecular weight excluding hydrogens is 204 g/mol. The SMILES string of the molecule is CC1OCCC1(C)NC1CCCNC(=O)C1. The summed E-state index contributed by atoms with van der Waals surface area (Å²) in [5.41, 5.74) is 0.0370. The third-order valence-corrected chi connectivity index (χ3v) is 3.90. The Hall–Kier alpha value is -0.610. The molecule has 3 unspecified atom stereocenters. The summed E-state index contributed by atoms with van der Waals surface area (Å²) in [7, 11) is 0. The second kappa shape index (κ2) is 4.72. The lowest BCUT2D eigenvalue weighted by atomic mass is 9.92. The average Bonchev–Trinajstić information content (AvgIpc) is 2.44. The van der Waals surface area contributed by atoms with Gasteiger partial charge in [-0.2, -0.15) is 0 Å². The lowest BCUT2D eigenvalue weighted by Crippen LogP contribution is -2.52. The molecule has 16 heavy (non-hydrogen) atoms. The molecule has 0 aromatic carbocycles. The van der Waals surface area contributed by atoms with E-state index in [1.807, 2.05) is 0 Å². The van der Waals surface area contributed by atoms with E-state index in [1.54, 1.807) is 0 Å². The van der Waals surface area contributed by atoms with Crippen LogP contribution in [0.25, 0.3) is 0 Å². The maximum atomic E-state index is 11.5. The number of carbonyl (C=O) groups is 1. The van der Waals surface area contributed by atoms with Crippen LogP contribution >= 0.6 is 0 Å². The largest absolute Gasteiger partial charge is 0.377 e. The molecular formula is C12H22N2O2. The smallest absolute Gasteiger partial charge is 0.221 e. The van der Waals surface area contributed by atoms with Crippen molar-refractivity contribution in [1.29, 1.82) is 0 Å². The summed E-state index contributed by atoms with van der Waals surface area (Å²) in [6.07, 6.45) is 4.00. The van der Waals surface area contributed by atoms with Gasteiger partial charge >= 0.3 is 0 Å². The van der Waals surface area contributed by atoms with Crippen LogP contribution in [-0.2, 0) is 9.53 Å². The van der Waals surface area contributed by atoms with Crippen LogP contribution in [0.15, 0.2) is 0 Å². The summed E-state index contributed by atoms with van der Waals surface area (Å²) < 4.78 is 5.61. The van der Waals surface area contributed by atoms with Crippen molar-refractivity contribution in [3.63, 3.8) is 0 Å². The molecule has 2 N–H and O–H groups in total. The second-order valence-electron chi connectivity index (χ2n) is 5.22. The minimum absolute atomic E-state index is 0.0370. The molecule has 2 aliphatic heterocycles. The van der Waals surface area contributed by atoms with Crippen molar-refractivity contribution < 1.29 is 9.53 Å². The summed E-state index contributed by atoms with van der Waals surface area (Å²) in [4.78, 5) is 11.5. The topological polar surface area (TPSA) is 50.4 Å². The molecule has 0 radical (unpaired) electrons. The molecule has 0 bridgehead atoms. The van der Waals surface area contributed by atoms with Crippen LogP contribution < -0.4 is 10.6 Å². The van der Waals surface area contributed by atoms with Crippen LogP contribution in [0.5, 0.6) is 0 Å². The first-order valence-corrected chi connectivity index (χ1v) is 6.26. The van der Waals surface area contributed by atoms with Crippen molar-refractivity contribution in [2.75, 3.05) is 13.2 Å². The Morgan fingerprint density at radius 2 is 2.38 bits per heavy atom. The van der Waals surface area contributed by atoms with Crippen LogP contribution in [-0.4, -0.2) is 36.7 Å². The van der Waals surface area contributed by atoms with Gasteiger partial charge in [-0.15, -0.1) is 0 Å². The second-order valence-corrected chi connectivity index (χ2v) is 5.22. The quantitative estimate of drug-likeness (QED) is 0.732. The van der Waals surface area contributed by atoms with Gasteiger partial charge in [0.25, 0.3) is 0 Å². The summed E-state index contributed by atoms with van der Waals surface area (Å²) in [6, 6.07) is 0.302. The standard InChI is InChI=1S/C12H22N2O2/c1-9-12(2,5-7-16-9)14-10-4-3-6-13-11(15)8-10/h9-10,14H,3-8H2,1-2H3,(H,13,15). The third kappa shape index (κ3) is 2.55. The maximum Gasteiger partial charge on any atom is 0.221 e. The van der Waals surface area contributed by atoms with Crippen molar-refractivity contribution in [1.82, 2.24) is 10.6 Å². The van der Waals surface area contributed by atoms with Gasteiger partial charge in [-0.3, -0.25) is 4.79 Å². The van der Waals surface area contributed by atoms with Crippen molar-refractivity contribution >= 4 is 5.91 Å². The van der Waals surface area contributed by atoms with E-state index in [9.17, 15) is 4.79 Å². The molecule has 2 heterocycles. The molecule has 4 nitrogen and oxygen atoms in total. The lowest BCUT2D eigenvalue weighted by Gasteiger charge is -2.33. The first-order valence-electron chi connectivity index (χ1n) is 6.26.